The third kappa shape index (κ3) is 57.1. The number of unbranched alkanes of at least 4 members (excludes halogenated alkanes) is 46. The Bertz CT molecular complexity index is 1090. The molecular formula is C64H122O6. The van der Waals surface area contributed by atoms with Crippen molar-refractivity contribution in [1.82, 2.24) is 0 Å². The average Bonchev–Trinajstić information content (AvgIpc) is 3.36. The maximum absolute atomic E-state index is 12.9. The van der Waals surface area contributed by atoms with E-state index in [-0.39, 0.29) is 31.1 Å². The van der Waals surface area contributed by atoms with Crippen LogP contribution in [0.1, 0.15) is 361 Å². The van der Waals surface area contributed by atoms with Crippen molar-refractivity contribution < 1.29 is 28.6 Å². The number of esters is 3. The average molecular weight is 988 g/mol. The molecule has 0 heterocycles. The molecule has 0 radical (unpaired) electrons. The quantitative estimate of drug-likeness (QED) is 0.0261. The van der Waals surface area contributed by atoms with Crippen molar-refractivity contribution in [3.8, 4) is 0 Å². The Kier molecular flexibility index (Phi) is 58.1. The molecule has 0 aromatic heterocycles. The second kappa shape index (κ2) is 59.7. The van der Waals surface area contributed by atoms with Crippen molar-refractivity contribution in [1.29, 1.82) is 0 Å². The maximum atomic E-state index is 12.9. The first-order valence-corrected chi connectivity index (χ1v) is 31.7. The molecule has 6 heteroatoms. The summed E-state index contributed by atoms with van der Waals surface area (Å²) in [5.41, 5.74) is 0. The number of hydrogen-bond acceptors (Lipinski definition) is 6. The second-order valence-corrected chi connectivity index (χ2v) is 21.7. The number of ether oxygens (including phenoxy) is 3. The lowest BCUT2D eigenvalue weighted by molar-refractivity contribution is -0.167. The smallest absolute Gasteiger partial charge is 0.306 e. The SMILES string of the molecule is CCCCCCCC/C=C\CCCCCCCCCCCC(=O)OCC(COC(=O)CCCCCCCCCCCCCCCCC)OC(=O)CCCCCCCCCCCCCCCCCCCC. The molecule has 1 unspecified atom stereocenters. The van der Waals surface area contributed by atoms with Gasteiger partial charge < -0.3 is 14.2 Å². The molecule has 0 spiro atoms. The molecule has 70 heavy (non-hydrogen) atoms. The largest absolute Gasteiger partial charge is 0.462 e. The van der Waals surface area contributed by atoms with E-state index in [1.54, 1.807) is 0 Å². The predicted molar refractivity (Wildman–Crippen MR) is 303 cm³/mol. The lowest BCUT2D eigenvalue weighted by Gasteiger charge is -2.18. The monoisotopic (exact) mass is 987 g/mol. The normalized spacial score (nSPS) is 12.0. The Morgan fingerprint density at radius 1 is 0.271 bits per heavy atom. The van der Waals surface area contributed by atoms with Crippen molar-refractivity contribution >= 4 is 17.9 Å². The molecule has 0 aliphatic rings. The van der Waals surface area contributed by atoms with Gasteiger partial charge in [0.25, 0.3) is 0 Å². The van der Waals surface area contributed by atoms with Crippen LogP contribution in [0.5, 0.6) is 0 Å². The van der Waals surface area contributed by atoms with E-state index < -0.39 is 6.10 Å². The number of allylic oxidation sites excluding steroid dienone is 2. The van der Waals surface area contributed by atoms with Crippen LogP contribution in [0.4, 0.5) is 0 Å². The zero-order valence-corrected chi connectivity index (χ0v) is 47.6. The van der Waals surface area contributed by atoms with Crippen LogP contribution in [0.2, 0.25) is 0 Å². The molecule has 0 rings (SSSR count). The van der Waals surface area contributed by atoms with Crippen LogP contribution in [0.3, 0.4) is 0 Å². The highest BCUT2D eigenvalue weighted by molar-refractivity contribution is 5.71. The Morgan fingerprint density at radius 2 is 0.471 bits per heavy atom. The summed E-state index contributed by atoms with van der Waals surface area (Å²) >= 11 is 0. The minimum atomic E-state index is -0.766. The van der Waals surface area contributed by atoms with Crippen LogP contribution >= 0.6 is 0 Å². The fraction of sp³-hybridized carbons (Fsp3) is 0.922. The lowest BCUT2D eigenvalue weighted by Crippen LogP contribution is -2.30. The van der Waals surface area contributed by atoms with Gasteiger partial charge in [-0.15, -0.1) is 0 Å². The molecule has 0 bridgehead atoms. The Labute approximate surface area is 437 Å². The molecule has 0 amide bonds. The highest BCUT2D eigenvalue weighted by Crippen LogP contribution is 2.18. The molecule has 0 aliphatic heterocycles. The summed E-state index contributed by atoms with van der Waals surface area (Å²) < 4.78 is 16.9. The first kappa shape index (κ1) is 68.2. The molecular weight excluding hydrogens is 865 g/mol. The van der Waals surface area contributed by atoms with Crippen molar-refractivity contribution in [3.05, 3.63) is 12.2 Å². The lowest BCUT2D eigenvalue weighted by atomic mass is 10.0. The van der Waals surface area contributed by atoms with Crippen LogP contribution in [0.15, 0.2) is 12.2 Å². The van der Waals surface area contributed by atoms with E-state index in [1.165, 1.54) is 263 Å². The summed E-state index contributed by atoms with van der Waals surface area (Å²) in [5.74, 6) is -0.835. The van der Waals surface area contributed by atoms with E-state index in [1.807, 2.05) is 0 Å². The highest BCUT2D eigenvalue weighted by Gasteiger charge is 2.19. The van der Waals surface area contributed by atoms with Gasteiger partial charge in [-0.25, -0.2) is 0 Å². The van der Waals surface area contributed by atoms with Gasteiger partial charge in [0.15, 0.2) is 6.10 Å². The fourth-order valence-corrected chi connectivity index (χ4v) is 9.74. The van der Waals surface area contributed by atoms with Crippen molar-refractivity contribution in [2.75, 3.05) is 13.2 Å². The van der Waals surface area contributed by atoms with Gasteiger partial charge in [0.1, 0.15) is 13.2 Å². The van der Waals surface area contributed by atoms with E-state index in [0.717, 1.165) is 57.8 Å². The van der Waals surface area contributed by atoms with E-state index >= 15 is 0 Å². The molecule has 414 valence electrons. The van der Waals surface area contributed by atoms with E-state index in [2.05, 4.69) is 32.9 Å². The maximum Gasteiger partial charge on any atom is 0.306 e. The van der Waals surface area contributed by atoms with Crippen LogP contribution in [0, 0.1) is 0 Å². The minimum absolute atomic E-state index is 0.0638. The predicted octanol–water partition coefficient (Wildman–Crippen LogP) is 21.3. The Hall–Kier alpha value is -1.85. The molecule has 0 aromatic rings. The van der Waals surface area contributed by atoms with Crippen LogP contribution < -0.4 is 0 Å². The number of carbonyl (C=O) groups excluding carboxylic acids is 3. The molecule has 1 atom stereocenters. The summed E-state index contributed by atoms with van der Waals surface area (Å²) in [6.07, 6.45) is 69.2. The van der Waals surface area contributed by atoms with Crippen molar-refractivity contribution in [2.45, 2.75) is 367 Å². The fourth-order valence-electron chi connectivity index (χ4n) is 9.74. The third-order valence-corrected chi connectivity index (χ3v) is 14.5. The van der Waals surface area contributed by atoms with Gasteiger partial charge in [-0.3, -0.25) is 14.4 Å². The molecule has 0 saturated heterocycles. The Balaban J connectivity index is 4.30. The molecule has 0 aliphatic carbocycles. The number of rotatable bonds is 59. The van der Waals surface area contributed by atoms with Crippen LogP contribution in [0.25, 0.3) is 0 Å². The summed E-state index contributed by atoms with van der Waals surface area (Å²) in [7, 11) is 0. The van der Waals surface area contributed by atoms with Crippen molar-refractivity contribution in [3.63, 3.8) is 0 Å². The third-order valence-electron chi connectivity index (χ3n) is 14.5. The summed E-state index contributed by atoms with van der Waals surface area (Å²) in [6.45, 7) is 6.71. The zero-order valence-electron chi connectivity index (χ0n) is 47.6. The number of carbonyl (C=O) groups is 3. The highest BCUT2D eigenvalue weighted by atomic mass is 16.6. The van der Waals surface area contributed by atoms with Gasteiger partial charge in [0.05, 0.1) is 0 Å². The van der Waals surface area contributed by atoms with Crippen LogP contribution in [-0.2, 0) is 28.6 Å². The van der Waals surface area contributed by atoms with E-state index in [9.17, 15) is 14.4 Å². The molecule has 0 fully saturated rings. The summed E-state index contributed by atoms with van der Waals surface area (Å²) in [5, 5.41) is 0. The summed E-state index contributed by atoms with van der Waals surface area (Å²) in [6, 6.07) is 0. The van der Waals surface area contributed by atoms with Gasteiger partial charge in [0.2, 0.25) is 0 Å². The first-order valence-electron chi connectivity index (χ1n) is 31.7. The summed E-state index contributed by atoms with van der Waals surface area (Å²) in [4.78, 5) is 38.3. The minimum Gasteiger partial charge on any atom is -0.462 e. The van der Waals surface area contributed by atoms with Crippen LogP contribution in [-0.4, -0.2) is 37.2 Å². The molecule has 0 saturated carbocycles. The first-order chi connectivity index (χ1) is 34.5. The van der Waals surface area contributed by atoms with Gasteiger partial charge in [0, 0.05) is 19.3 Å². The molecule has 6 nitrogen and oxygen atoms in total. The van der Waals surface area contributed by atoms with Gasteiger partial charge in [-0.1, -0.05) is 309 Å². The molecule has 0 N–H and O–H groups in total. The van der Waals surface area contributed by atoms with Gasteiger partial charge >= 0.3 is 17.9 Å². The van der Waals surface area contributed by atoms with Gasteiger partial charge in [-0.05, 0) is 44.9 Å². The van der Waals surface area contributed by atoms with Crippen molar-refractivity contribution in [2.24, 2.45) is 0 Å². The number of hydrogen-bond donors (Lipinski definition) is 0. The van der Waals surface area contributed by atoms with E-state index in [4.69, 9.17) is 14.2 Å². The zero-order chi connectivity index (χ0) is 50.7. The second-order valence-electron chi connectivity index (χ2n) is 21.7. The Morgan fingerprint density at radius 3 is 0.714 bits per heavy atom. The van der Waals surface area contributed by atoms with Gasteiger partial charge in [-0.2, -0.15) is 0 Å². The topological polar surface area (TPSA) is 78.9 Å². The molecule has 0 aromatic carbocycles. The van der Waals surface area contributed by atoms with E-state index in [0.29, 0.717) is 19.3 Å². The standard InChI is InChI=1S/C64H122O6/c1-4-7-10-13-16-19-22-25-28-30-32-34-36-39-42-45-48-51-54-57-63(66)69-60-61(59-68-62(65)56-53-50-47-44-41-38-35-27-24-21-18-15-12-9-6-3)70-64(67)58-55-52-49-46-43-40-37-33-31-29-26-23-20-17-14-11-8-5-2/h25,28,61H,4-24,26-27,29-60H2,1-3H3/b28-25-.